The van der Waals surface area contributed by atoms with E-state index in [4.69, 9.17) is 4.74 Å². The van der Waals surface area contributed by atoms with Gasteiger partial charge in [0.25, 0.3) is 22.2 Å². The van der Waals surface area contributed by atoms with Crippen molar-refractivity contribution in [2.45, 2.75) is 183 Å². The molecule has 6 aromatic heterocycles. The summed E-state index contributed by atoms with van der Waals surface area (Å²) in [6.07, 6.45) is 17.2. The summed E-state index contributed by atoms with van der Waals surface area (Å²) in [4.78, 5) is 130. The SMILES string of the molecule is CN(C)c1cccc(Cc2c(C3CCC(c4ccccc4)CC3)[nH]c(=O)[nH]c2=O)n1.COc1ccccc1Cc1c(C2CCC(c3ccccc3)CC2)[nH]c(=O)[nH]c1=O.Cc1csc(Cc2c(C3CCC(c4ccccc4)CC3)[nH]c(=O)[nH]c2=O)n1.O=c1[nH]c(C2CCC(c3ccccc3)CC2)c(Cc2ccc(F)c(F)c2)c(=O)[nH]1. The molecule has 4 saturated carbocycles. The fourth-order valence-corrected chi connectivity index (χ4v) is 18.3. The third-order valence-electron chi connectivity index (χ3n) is 23.5. The van der Waals surface area contributed by atoms with Gasteiger partial charge in [-0.2, -0.15) is 0 Å². The summed E-state index contributed by atoms with van der Waals surface area (Å²) in [5, 5.41) is 2.89. The number of ether oxygens (including phenoxy) is 1. The van der Waals surface area contributed by atoms with E-state index in [-0.39, 0.29) is 46.8 Å². The number of hydrogen-bond acceptors (Lipinski definition) is 13. The highest BCUT2D eigenvalue weighted by molar-refractivity contribution is 7.09. The summed E-state index contributed by atoms with van der Waals surface area (Å²) in [6, 6.07) is 59.2. The van der Waals surface area contributed by atoms with Crippen LogP contribution in [0.5, 0.6) is 5.75 Å². The third-order valence-corrected chi connectivity index (χ3v) is 24.4. The lowest BCUT2D eigenvalue weighted by atomic mass is 9.76. The van der Waals surface area contributed by atoms with Crippen molar-refractivity contribution in [2.75, 3.05) is 26.1 Å². The summed E-state index contributed by atoms with van der Waals surface area (Å²) in [5.74, 6) is 2.48. The van der Waals surface area contributed by atoms with Gasteiger partial charge in [-0.3, -0.25) is 39.1 Å². The van der Waals surface area contributed by atoms with Crippen LogP contribution >= 0.6 is 11.3 Å². The molecular formula is C92H99F2N11O9S. The van der Waals surface area contributed by atoms with E-state index in [1.807, 2.05) is 110 Å². The maximum Gasteiger partial charge on any atom is 0.325 e. The number of aromatic amines is 8. The van der Waals surface area contributed by atoms with Crippen LogP contribution in [0.15, 0.2) is 226 Å². The minimum absolute atomic E-state index is 0.0604. The Morgan fingerprint density at radius 1 is 0.374 bits per heavy atom. The van der Waals surface area contributed by atoms with Gasteiger partial charge in [-0.25, -0.2) is 37.9 Å². The van der Waals surface area contributed by atoms with Gasteiger partial charge in [0.15, 0.2) is 11.6 Å². The second-order valence-electron chi connectivity index (χ2n) is 31.1. The Kier molecular flexibility index (Phi) is 27.2. The minimum Gasteiger partial charge on any atom is -0.496 e. The highest BCUT2D eigenvalue weighted by atomic mass is 32.1. The molecule has 8 N–H and O–H groups in total. The van der Waals surface area contributed by atoms with Crippen LogP contribution < -0.4 is 54.6 Å². The number of anilines is 1. The van der Waals surface area contributed by atoms with Crippen molar-refractivity contribution in [1.29, 1.82) is 0 Å². The Hall–Kier alpha value is -11.7. The van der Waals surface area contributed by atoms with Crippen molar-refractivity contribution in [1.82, 2.24) is 49.8 Å². The number of hydrogen-bond donors (Lipinski definition) is 8. The monoisotopic (exact) mass is 1570 g/mol. The van der Waals surface area contributed by atoms with Gasteiger partial charge in [0.2, 0.25) is 0 Å². The molecule has 6 heterocycles. The first-order valence-electron chi connectivity index (χ1n) is 40.0. The minimum atomic E-state index is -0.951. The normalized spacial score (nSPS) is 19.3. The molecule has 4 fully saturated rings. The second kappa shape index (κ2) is 38.4. The fourth-order valence-electron chi connectivity index (χ4n) is 17.5. The van der Waals surface area contributed by atoms with Crippen LogP contribution in [-0.2, 0) is 25.7 Å². The van der Waals surface area contributed by atoms with E-state index in [9.17, 15) is 47.1 Å². The molecule has 0 unspecified atom stereocenters. The van der Waals surface area contributed by atoms with Crippen LogP contribution in [0.2, 0.25) is 0 Å². The van der Waals surface area contributed by atoms with Crippen LogP contribution in [0.25, 0.3) is 0 Å². The van der Waals surface area contributed by atoms with Crippen molar-refractivity contribution in [3.05, 3.63) is 377 Å². The quantitative estimate of drug-likeness (QED) is 0.0398. The molecule has 596 valence electrons. The zero-order chi connectivity index (χ0) is 80.5. The molecule has 20 nitrogen and oxygen atoms in total. The standard InChI is InChI=1S/C24H28N4O2.C24H26N2O3.C23H22F2N2O2.C21H23N3O2S/c1-28(2)21-10-6-9-19(25-21)15-20-22(26-24(30)27-23(20)29)18-13-11-17(12-14-18)16-7-4-3-5-8-16;1-29-21-10-6-5-9-19(21)15-20-22(25-24(28)26-23(20)27)18-13-11-17(12-14-18)16-7-3-2-4-8-16;24-19-11-6-14(13-20(19)25)12-18-21(26-23(29)27-22(18)28)17-9-7-16(8-10-17)15-4-2-1-3-5-15;1-13-12-27-18(22-13)11-17-19(23-21(26)24-20(17)25)16-9-7-15(8-10-16)14-5-3-2-4-6-14/h3-10,17-18H,11-15H2,1-2H3,(H2,26,27,29,30);2-10,17-18H,11-15H2,1H3,(H2,25,26,27,28);1-6,11,13,16-17H,7-10,12H2,(H2,26,27,28,29);2-6,12,15-16H,7-11H2,1H3,(H2,23,24,25,26). The number of aryl methyl sites for hydroxylation is 1. The maximum atomic E-state index is 13.6. The predicted molar refractivity (Wildman–Crippen MR) is 448 cm³/mol. The van der Waals surface area contributed by atoms with Gasteiger partial charge in [-0.15, -0.1) is 11.3 Å². The van der Waals surface area contributed by atoms with Crippen LogP contribution in [0.4, 0.5) is 14.6 Å². The van der Waals surface area contributed by atoms with Crippen LogP contribution in [0, 0.1) is 18.6 Å². The Morgan fingerprint density at radius 2 is 0.722 bits per heavy atom. The van der Waals surface area contributed by atoms with Gasteiger partial charge in [0, 0.05) is 102 Å². The van der Waals surface area contributed by atoms with Gasteiger partial charge >= 0.3 is 22.8 Å². The predicted octanol–water partition coefficient (Wildman–Crippen LogP) is 15.9. The summed E-state index contributed by atoms with van der Waals surface area (Å²) < 4.78 is 32.3. The summed E-state index contributed by atoms with van der Waals surface area (Å²) in [5.41, 5.74) is 10.8. The number of methoxy groups -OCH3 is 1. The highest BCUT2D eigenvalue weighted by Gasteiger charge is 2.32. The fraction of sp³-hybridized carbons (Fsp3) is 0.348. The number of nitrogens with zero attached hydrogens (tertiary/aromatic N) is 3. The Morgan fingerprint density at radius 3 is 1.08 bits per heavy atom. The van der Waals surface area contributed by atoms with Gasteiger partial charge in [0.05, 0.1) is 12.1 Å². The van der Waals surface area contributed by atoms with Crippen molar-refractivity contribution in [3.8, 4) is 5.75 Å². The van der Waals surface area contributed by atoms with Crippen molar-refractivity contribution in [3.63, 3.8) is 0 Å². The number of para-hydroxylation sites is 1. The van der Waals surface area contributed by atoms with E-state index in [2.05, 4.69) is 135 Å². The molecule has 0 saturated heterocycles. The topological polar surface area (TPSA) is 301 Å². The Labute approximate surface area is 668 Å². The molecule has 0 bridgehead atoms. The summed E-state index contributed by atoms with van der Waals surface area (Å²) in [7, 11) is 5.51. The number of halogens is 2. The van der Waals surface area contributed by atoms with Gasteiger partial charge in [-0.05, 0) is 221 Å². The number of benzene rings is 6. The molecular weight excluding hydrogens is 1470 g/mol. The van der Waals surface area contributed by atoms with Crippen LogP contribution in [0.1, 0.15) is 245 Å². The molecule has 4 aliphatic carbocycles. The molecule has 115 heavy (non-hydrogen) atoms. The zero-order valence-electron chi connectivity index (χ0n) is 65.3. The first-order valence-corrected chi connectivity index (χ1v) is 40.9. The lowest BCUT2D eigenvalue weighted by Crippen LogP contribution is -2.30. The largest absolute Gasteiger partial charge is 0.496 e. The van der Waals surface area contributed by atoms with Crippen LogP contribution in [0.3, 0.4) is 0 Å². The van der Waals surface area contributed by atoms with E-state index in [0.717, 1.165) is 165 Å². The van der Waals surface area contributed by atoms with E-state index < -0.39 is 40.0 Å². The van der Waals surface area contributed by atoms with Crippen molar-refractivity contribution >= 4 is 17.2 Å². The number of thiazole rings is 1. The van der Waals surface area contributed by atoms with Crippen LogP contribution in [-0.4, -0.2) is 71.0 Å². The first kappa shape index (κ1) is 81.3. The van der Waals surface area contributed by atoms with Crippen molar-refractivity contribution < 1.29 is 13.5 Å². The van der Waals surface area contributed by atoms with Gasteiger partial charge < -0.3 is 29.6 Å². The number of aromatic nitrogens is 10. The molecule has 6 aromatic carbocycles. The first-order chi connectivity index (χ1) is 55.8. The van der Waals surface area contributed by atoms with E-state index >= 15 is 0 Å². The lowest BCUT2D eigenvalue weighted by molar-refractivity contribution is 0.388. The average Bonchev–Trinajstić information content (AvgIpc) is 1.47. The third kappa shape index (κ3) is 21.0. The summed E-state index contributed by atoms with van der Waals surface area (Å²) >= 11 is 1.55. The molecule has 0 spiro atoms. The smallest absolute Gasteiger partial charge is 0.325 e. The molecule has 12 aromatic rings. The van der Waals surface area contributed by atoms with Crippen molar-refractivity contribution in [2.24, 2.45) is 0 Å². The zero-order valence-corrected chi connectivity index (χ0v) is 66.2. The molecule has 0 radical (unpaired) electrons. The van der Waals surface area contributed by atoms with E-state index in [1.54, 1.807) is 18.4 Å². The second-order valence-corrected chi connectivity index (χ2v) is 32.0. The Balaban J connectivity index is 0.000000134. The molecule has 0 aliphatic heterocycles. The highest BCUT2D eigenvalue weighted by Crippen LogP contribution is 2.45. The summed E-state index contributed by atoms with van der Waals surface area (Å²) in [6.45, 7) is 1.95. The number of rotatable bonds is 18. The molecule has 16 rings (SSSR count). The number of H-pyrrole nitrogens is 8. The van der Waals surface area contributed by atoms with Gasteiger partial charge in [0.1, 0.15) is 11.6 Å². The van der Waals surface area contributed by atoms with E-state index in [1.165, 1.54) is 28.3 Å². The molecule has 0 atom stereocenters. The lowest BCUT2D eigenvalue weighted by Gasteiger charge is -2.29. The average molecular weight is 1570 g/mol. The van der Waals surface area contributed by atoms with Gasteiger partial charge in [-0.1, -0.05) is 152 Å². The molecule has 0 amide bonds. The maximum absolute atomic E-state index is 13.6. The molecule has 4 aliphatic rings. The molecule has 23 heteroatoms. The number of pyridine rings is 1. The Bertz CT molecular complexity index is 5750. The van der Waals surface area contributed by atoms with E-state index in [0.29, 0.717) is 76.4 Å². The number of nitrogens with one attached hydrogen (secondary N) is 8.